The lowest BCUT2D eigenvalue weighted by Crippen LogP contribution is -2.33. The molecule has 0 saturated heterocycles. The molecule has 21 heavy (non-hydrogen) atoms. The van der Waals surface area contributed by atoms with Crippen molar-refractivity contribution in [1.29, 1.82) is 0 Å². The maximum absolute atomic E-state index is 5.93. The zero-order chi connectivity index (χ0) is 15.1. The van der Waals surface area contributed by atoms with Gasteiger partial charge in [0.15, 0.2) is 0 Å². The maximum atomic E-state index is 5.93. The number of aryl methyl sites for hydroxylation is 1. The summed E-state index contributed by atoms with van der Waals surface area (Å²) >= 11 is 7.81. The Morgan fingerprint density at radius 1 is 1.10 bits per heavy atom. The average Bonchev–Trinajstić information content (AvgIpc) is 2.49. The molecule has 112 valence electrons. The first-order chi connectivity index (χ1) is 10.2. The lowest BCUT2D eigenvalue weighted by Gasteiger charge is -2.19. The van der Waals surface area contributed by atoms with Crippen LogP contribution in [0.1, 0.15) is 18.1 Å². The molecule has 0 amide bonds. The molecule has 0 heterocycles. The van der Waals surface area contributed by atoms with Gasteiger partial charge in [-0.15, -0.1) is 11.8 Å². The van der Waals surface area contributed by atoms with E-state index in [1.54, 1.807) is 0 Å². The molecule has 1 unspecified atom stereocenters. The normalized spacial score (nSPS) is 12.3. The zero-order valence-electron chi connectivity index (χ0n) is 12.6. The second-order valence-electron chi connectivity index (χ2n) is 5.15. The molecule has 0 radical (unpaired) electrons. The van der Waals surface area contributed by atoms with Crippen molar-refractivity contribution in [3.8, 4) is 0 Å². The molecule has 0 bridgehead atoms. The lowest BCUT2D eigenvalue weighted by molar-refractivity contribution is 0.571. The minimum atomic E-state index is 0.483. The highest BCUT2D eigenvalue weighted by Crippen LogP contribution is 2.22. The Bertz CT molecular complexity index is 553. The SMILES string of the molecule is CCNC(CSc1ccc(Cl)cc1)Cc1ccccc1C. The van der Waals surface area contributed by atoms with Crippen LogP contribution in [0.15, 0.2) is 53.4 Å². The highest BCUT2D eigenvalue weighted by Gasteiger charge is 2.10. The van der Waals surface area contributed by atoms with Crippen LogP contribution in [0.25, 0.3) is 0 Å². The molecular formula is C18H22ClNS. The predicted octanol–water partition coefficient (Wildman–Crippen LogP) is 4.96. The molecule has 1 atom stereocenters. The summed E-state index contributed by atoms with van der Waals surface area (Å²) in [5, 5.41) is 4.39. The molecule has 3 heteroatoms. The van der Waals surface area contributed by atoms with Crippen molar-refractivity contribution >= 4 is 23.4 Å². The first-order valence-electron chi connectivity index (χ1n) is 7.35. The van der Waals surface area contributed by atoms with Gasteiger partial charge in [-0.1, -0.05) is 42.8 Å². The average molecular weight is 320 g/mol. The van der Waals surface area contributed by atoms with Gasteiger partial charge in [0, 0.05) is 21.7 Å². The van der Waals surface area contributed by atoms with Crippen molar-refractivity contribution in [2.75, 3.05) is 12.3 Å². The number of hydrogen-bond donors (Lipinski definition) is 1. The number of benzene rings is 2. The number of likely N-dealkylation sites (N-methyl/N-ethyl adjacent to an activating group) is 1. The van der Waals surface area contributed by atoms with E-state index in [0.29, 0.717) is 6.04 Å². The Morgan fingerprint density at radius 2 is 1.81 bits per heavy atom. The Hall–Kier alpha value is -0.960. The van der Waals surface area contributed by atoms with Crippen molar-refractivity contribution in [3.05, 3.63) is 64.7 Å². The second kappa shape index (κ2) is 8.47. The Balaban J connectivity index is 1.95. The van der Waals surface area contributed by atoms with E-state index in [0.717, 1.165) is 23.7 Å². The quantitative estimate of drug-likeness (QED) is 0.724. The van der Waals surface area contributed by atoms with Crippen molar-refractivity contribution < 1.29 is 0 Å². The van der Waals surface area contributed by atoms with Gasteiger partial charge in [-0.25, -0.2) is 0 Å². The highest BCUT2D eigenvalue weighted by molar-refractivity contribution is 7.99. The Labute approximate surface area is 137 Å². The van der Waals surface area contributed by atoms with Gasteiger partial charge >= 0.3 is 0 Å². The summed E-state index contributed by atoms with van der Waals surface area (Å²) in [4.78, 5) is 1.27. The van der Waals surface area contributed by atoms with E-state index in [-0.39, 0.29) is 0 Å². The third kappa shape index (κ3) is 5.39. The summed E-state index contributed by atoms with van der Waals surface area (Å²) < 4.78 is 0. The molecule has 1 N–H and O–H groups in total. The molecule has 2 rings (SSSR count). The van der Waals surface area contributed by atoms with Crippen LogP contribution in [0.4, 0.5) is 0 Å². The molecule has 2 aromatic carbocycles. The van der Waals surface area contributed by atoms with Gasteiger partial charge in [-0.3, -0.25) is 0 Å². The van der Waals surface area contributed by atoms with E-state index >= 15 is 0 Å². The number of thioether (sulfide) groups is 1. The smallest absolute Gasteiger partial charge is 0.0406 e. The zero-order valence-corrected chi connectivity index (χ0v) is 14.2. The van der Waals surface area contributed by atoms with Gasteiger partial charge in [-0.05, 0) is 55.3 Å². The van der Waals surface area contributed by atoms with Crippen molar-refractivity contribution in [3.63, 3.8) is 0 Å². The van der Waals surface area contributed by atoms with Gasteiger partial charge in [0.25, 0.3) is 0 Å². The first-order valence-corrected chi connectivity index (χ1v) is 8.71. The molecule has 0 spiro atoms. The summed E-state index contributed by atoms with van der Waals surface area (Å²) in [6.07, 6.45) is 1.07. The van der Waals surface area contributed by atoms with Crippen LogP contribution in [0.3, 0.4) is 0 Å². The third-order valence-electron chi connectivity index (χ3n) is 3.49. The van der Waals surface area contributed by atoms with Gasteiger partial charge in [0.2, 0.25) is 0 Å². The Kier molecular flexibility index (Phi) is 6.62. The molecule has 1 nitrogen and oxygen atoms in total. The van der Waals surface area contributed by atoms with Gasteiger partial charge < -0.3 is 5.32 Å². The summed E-state index contributed by atoms with van der Waals surface area (Å²) in [6, 6.07) is 17.2. The minimum absolute atomic E-state index is 0.483. The van der Waals surface area contributed by atoms with E-state index in [1.165, 1.54) is 16.0 Å². The number of nitrogens with one attached hydrogen (secondary N) is 1. The highest BCUT2D eigenvalue weighted by atomic mass is 35.5. The van der Waals surface area contributed by atoms with Crippen LogP contribution < -0.4 is 5.32 Å². The van der Waals surface area contributed by atoms with E-state index in [2.05, 4.69) is 55.6 Å². The topological polar surface area (TPSA) is 12.0 Å². The standard InChI is InChI=1S/C18H22ClNS/c1-3-20-17(12-15-7-5-4-6-14(15)2)13-21-18-10-8-16(19)9-11-18/h4-11,17,20H,3,12-13H2,1-2H3. The monoisotopic (exact) mass is 319 g/mol. The van der Waals surface area contributed by atoms with Gasteiger partial charge in [-0.2, -0.15) is 0 Å². The molecule has 0 aliphatic heterocycles. The summed E-state index contributed by atoms with van der Waals surface area (Å²) in [6.45, 7) is 5.35. The van der Waals surface area contributed by atoms with Gasteiger partial charge in [0.1, 0.15) is 0 Å². The summed E-state index contributed by atoms with van der Waals surface area (Å²) in [7, 11) is 0. The summed E-state index contributed by atoms with van der Waals surface area (Å²) in [5.41, 5.74) is 2.80. The second-order valence-corrected chi connectivity index (χ2v) is 6.68. The number of halogens is 1. The lowest BCUT2D eigenvalue weighted by atomic mass is 10.0. The number of hydrogen-bond acceptors (Lipinski definition) is 2. The molecule has 0 aromatic heterocycles. The van der Waals surface area contributed by atoms with Crippen LogP contribution in [0.2, 0.25) is 5.02 Å². The van der Waals surface area contributed by atoms with Crippen LogP contribution in [-0.4, -0.2) is 18.3 Å². The fraction of sp³-hybridized carbons (Fsp3) is 0.333. The fourth-order valence-electron chi connectivity index (χ4n) is 2.31. The fourth-order valence-corrected chi connectivity index (χ4v) is 3.39. The largest absolute Gasteiger partial charge is 0.313 e. The molecule has 0 aliphatic carbocycles. The molecular weight excluding hydrogens is 298 g/mol. The first kappa shape index (κ1) is 16.4. The predicted molar refractivity (Wildman–Crippen MR) is 94.5 cm³/mol. The number of rotatable bonds is 7. The van der Waals surface area contributed by atoms with Crippen molar-refractivity contribution in [2.24, 2.45) is 0 Å². The minimum Gasteiger partial charge on any atom is -0.313 e. The van der Waals surface area contributed by atoms with E-state index < -0.39 is 0 Å². The maximum Gasteiger partial charge on any atom is 0.0406 e. The molecule has 0 fully saturated rings. The molecule has 0 saturated carbocycles. The van der Waals surface area contributed by atoms with Crippen LogP contribution in [0.5, 0.6) is 0 Å². The summed E-state index contributed by atoms with van der Waals surface area (Å²) in [5.74, 6) is 1.06. The van der Waals surface area contributed by atoms with E-state index in [9.17, 15) is 0 Å². The van der Waals surface area contributed by atoms with E-state index in [4.69, 9.17) is 11.6 Å². The van der Waals surface area contributed by atoms with Crippen LogP contribution in [0, 0.1) is 6.92 Å². The molecule has 2 aromatic rings. The van der Waals surface area contributed by atoms with Crippen molar-refractivity contribution in [1.82, 2.24) is 5.32 Å². The Morgan fingerprint density at radius 3 is 2.48 bits per heavy atom. The van der Waals surface area contributed by atoms with E-state index in [1.807, 2.05) is 23.9 Å². The van der Waals surface area contributed by atoms with Crippen LogP contribution in [-0.2, 0) is 6.42 Å². The van der Waals surface area contributed by atoms with Gasteiger partial charge in [0.05, 0.1) is 0 Å². The third-order valence-corrected chi connectivity index (χ3v) is 4.91. The molecule has 0 aliphatic rings. The van der Waals surface area contributed by atoms with Crippen LogP contribution >= 0.6 is 23.4 Å². The van der Waals surface area contributed by atoms with Crippen molar-refractivity contribution in [2.45, 2.75) is 31.2 Å².